The monoisotopic (exact) mass is 449 g/mol. The maximum atomic E-state index is 6.57. The van der Waals surface area contributed by atoms with E-state index >= 15 is 0 Å². The molecule has 1 aromatic carbocycles. The van der Waals surface area contributed by atoms with Gasteiger partial charge in [-0.15, -0.1) is 0 Å². The minimum atomic E-state index is 0.343. The van der Waals surface area contributed by atoms with E-state index in [0.29, 0.717) is 39.7 Å². The zero-order chi connectivity index (χ0) is 22.1. The van der Waals surface area contributed by atoms with Gasteiger partial charge >= 0.3 is 0 Å². The average Bonchev–Trinajstić information content (AvgIpc) is 3.25. The predicted octanol–water partition coefficient (Wildman–Crippen LogP) is 4.17. The van der Waals surface area contributed by atoms with Crippen LogP contribution in [0, 0.1) is 5.92 Å². The molecule has 3 N–H and O–H groups in total. The number of hydrogen-bond acceptors (Lipinski definition) is 7. The summed E-state index contributed by atoms with van der Waals surface area (Å²) in [5, 5.41) is 9.41. The van der Waals surface area contributed by atoms with Gasteiger partial charge in [0.05, 0.1) is 10.5 Å². The Kier molecular flexibility index (Phi) is 5.63. The van der Waals surface area contributed by atoms with Crippen molar-refractivity contribution in [2.24, 2.45) is 13.0 Å². The summed E-state index contributed by atoms with van der Waals surface area (Å²) in [4.78, 5) is 14.0. The summed E-state index contributed by atoms with van der Waals surface area (Å²) in [6, 6.07) is 9.64. The predicted molar refractivity (Wildman–Crippen MR) is 126 cm³/mol. The number of pyridine rings is 1. The number of aromatic nitrogens is 5. The Morgan fingerprint density at radius 3 is 2.81 bits per heavy atom. The van der Waals surface area contributed by atoms with Gasteiger partial charge in [-0.1, -0.05) is 17.7 Å². The van der Waals surface area contributed by atoms with Crippen molar-refractivity contribution in [3.63, 3.8) is 0 Å². The minimum Gasteiger partial charge on any atom is -0.381 e. The Morgan fingerprint density at radius 1 is 1.19 bits per heavy atom. The zero-order valence-corrected chi connectivity index (χ0v) is 18.5. The lowest BCUT2D eigenvalue weighted by Crippen LogP contribution is -2.23. The second-order valence-corrected chi connectivity index (χ2v) is 8.41. The largest absolute Gasteiger partial charge is 0.381 e. The molecule has 5 rings (SSSR count). The van der Waals surface area contributed by atoms with Crippen molar-refractivity contribution in [1.29, 1.82) is 0 Å². The topological polar surface area (TPSA) is 104 Å². The molecule has 0 radical (unpaired) electrons. The van der Waals surface area contributed by atoms with Crippen LogP contribution in [-0.2, 0) is 11.8 Å². The van der Waals surface area contributed by atoms with Crippen LogP contribution in [0.3, 0.4) is 0 Å². The summed E-state index contributed by atoms with van der Waals surface area (Å²) in [5.74, 6) is 1.42. The highest BCUT2D eigenvalue weighted by molar-refractivity contribution is 6.35. The molecule has 0 aliphatic carbocycles. The van der Waals surface area contributed by atoms with E-state index in [4.69, 9.17) is 32.0 Å². The molecular weight excluding hydrogens is 426 g/mol. The van der Waals surface area contributed by atoms with Crippen LogP contribution in [0.4, 0.5) is 11.6 Å². The van der Waals surface area contributed by atoms with Gasteiger partial charge in [-0.2, -0.15) is 5.10 Å². The van der Waals surface area contributed by atoms with E-state index in [0.717, 1.165) is 49.1 Å². The van der Waals surface area contributed by atoms with Crippen LogP contribution in [0.25, 0.3) is 33.5 Å². The molecule has 0 bridgehead atoms. The molecule has 1 saturated heterocycles. The molecule has 32 heavy (non-hydrogen) atoms. The second-order valence-electron chi connectivity index (χ2n) is 8.00. The lowest BCUT2D eigenvalue weighted by atomic mass is 10.0. The fourth-order valence-corrected chi connectivity index (χ4v) is 4.25. The molecule has 0 atom stereocenters. The first-order chi connectivity index (χ1) is 15.6. The van der Waals surface area contributed by atoms with E-state index in [-0.39, 0.29) is 0 Å². The number of anilines is 2. The molecule has 3 aromatic heterocycles. The Hall–Kier alpha value is -3.23. The van der Waals surface area contributed by atoms with Gasteiger partial charge in [0.25, 0.3) is 0 Å². The minimum absolute atomic E-state index is 0.343. The van der Waals surface area contributed by atoms with Crippen molar-refractivity contribution in [2.45, 2.75) is 12.8 Å². The Morgan fingerprint density at radius 2 is 2.03 bits per heavy atom. The molecule has 1 aliphatic rings. The van der Waals surface area contributed by atoms with E-state index in [1.807, 2.05) is 43.6 Å². The average molecular weight is 450 g/mol. The first-order valence-electron chi connectivity index (χ1n) is 10.6. The van der Waals surface area contributed by atoms with E-state index in [2.05, 4.69) is 15.4 Å². The maximum Gasteiger partial charge on any atom is 0.169 e. The van der Waals surface area contributed by atoms with Crippen molar-refractivity contribution >= 4 is 34.1 Å². The van der Waals surface area contributed by atoms with Crippen LogP contribution in [-0.4, -0.2) is 44.5 Å². The molecule has 0 amide bonds. The number of aryl methyl sites for hydroxylation is 1. The van der Waals surface area contributed by atoms with Crippen LogP contribution < -0.4 is 11.1 Å². The van der Waals surface area contributed by atoms with Gasteiger partial charge in [0.2, 0.25) is 0 Å². The molecule has 8 nitrogen and oxygen atoms in total. The number of nitrogens with two attached hydrogens (primary N) is 1. The number of rotatable bonds is 5. The molecule has 0 saturated carbocycles. The van der Waals surface area contributed by atoms with Crippen molar-refractivity contribution < 1.29 is 4.74 Å². The van der Waals surface area contributed by atoms with Crippen LogP contribution in [0.2, 0.25) is 5.02 Å². The molecular formula is C23H24ClN7O. The first kappa shape index (κ1) is 20.7. The first-order valence-corrected chi connectivity index (χ1v) is 11.0. The molecule has 9 heteroatoms. The Balaban J connectivity index is 1.59. The molecule has 0 spiro atoms. The normalized spacial score (nSPS) is 14.7. The Labute approximate surface area is 190 Å². The molecule has 4 aromatic rings. The number of benzene rings is 1. The standard InChI is InChI=1S/C23H24ClN7O/c1-31-8-4-18(30-31)21-20(16-11-15-3-2-7-26-19(15)17(24)12-16)29-23(22(25)28-21)27-13-14-5-9-32-10-6-14/h2-4,7-8,11-12,14H,5-6,9-10,13H2,1H3,(H2,25,28)(H,27,29). The van der Waals surface area contributed by atoms with Crippen LogP contribution in [0.1, 0.15) is 12.8 Å². The molecule has 164 valence electrons. The third-order valence-corrected chi connectivity index (χ3v) is 6.00. The molecule has 1 aliphatic heterocycles. The molecule has 0 unspecified atom stereocenters. The van der Waals surface area contributed by atoms with Gasteiger partial charge < -0.3 is 15.8 Å². The number of nitrogens with one attached hydrogen (secondary N) is 1. The number of nitrogen functional groups attached to an aromatic ring is 1. The lowest BCUT2D eigenvalue weighted by molar-refractivity contribution is 0.0699. The zero-order valence-electron chi connectivity index (χ0n) is 17.8. The summed E-state index contributed by atoms with van der Waals surface area (Å²) in [6.07, 6.45) is 5.64. The fourth-order valence-electron chi connectivity index (χ4n) is 3.98. The summed E-state index contributed by atoms with van der Waals surface area (Å²) >= 11 is 6.57. The van der Waals surface area contributed by atoms with Gasteiger partial charge in [-0.3, -0.25) is 9.67 Å². The van der Waals surface area contributed by atoms with Crippen molar-refractivity contribution in [3.05, 3.63) is 47.7 Å². The van der Waals surface area contributed by atoms with E-state index < -0.39 is 0 Å². The van der Waals surface area contributed by atoms with E-state index in [1.54, 1.807) is 10.9 Å². The number of nitrogens with zero attached hydrogens (tertiary/aromatic N) is 5. The highest BCUT2D eigenvalue weighted by Crippen LogP contribution is 2.35. The van der Waals surface area contributed by atoms with Gasteiger partial charge in [-0.25, -0.2) is 9.97 Å². The number of ether oxygens (including phenoxy) is 1. The smallest absolute Gasteiger partial charge is 0.169 e. The van der Waals surface area contributed by atoms with Crippen molar-refractivity contribution in [2.75, 3.05) is 30.8 Å². The second kappa shape index (κ2) is 8.72. The highest BCUT2D eigenvalue weighted by atomic mass is 35.5. The number of fused-ring (bicyclic) bond motifs is 1. The van der Waals surface area contributed by atoms with Crippen LogP contribution in [0.5, 0.6) is 0 Å². The van der Waals surface area contributed by atoms with Crippen LogP contribution >= 0.6 is 11.6 Å². The van der Waals surface area contributed by atoms with Gasteiger partial charge in [0, 0.05) is 50.1 Å². The molecule has 4 heterocycles. The molecule has 1 fully saturated rings. The summed E-state index contributed by atoms with van der Waals surface area (Å²) in [7, 11) is 1.86. The summed E-state index contributed by atoms with van der Waals surface area (Å²) in [5.41, 5.74) is 9.87. The number of halogens is 1. The van der Waals surface area contributed by atoms with Gasteiger partial charge in [0.15, 0.2) is 11.6 Å². The summed E-state index contributed by atoms with van der Waals surface area (Å²) < 4.78 is 7.19. The fraction of sp³-hybridized carbons (Fsp3) is 0.304. The highest BCUT2D eigenvalue weighted by Gasteiger charge is 2.20. The maximum absolute atomic E-state index is 6.57. The third kappa shape index (κ3) is 4.11. The third-order valence-electron chi connectivity index (χ3n) is 5.71. The summed E-state index contributed by atoms with van der Waals surface area (Å²) in [6.45, 7) is 2.36. The van der Waals surface area contributed by atoms with Gasteiger partial charge in [0.1, 0.15) is 17.1 Å². The lowest BCUT2D eigenvalue weighted by Gasteiger charge is -2.23. The van der Waals surface area contributed by atoms with Crippen molar-refractivity contribution in [3.8, 4) is 22.6 Å². The van der Waals surface area contributed by atoms with Gasteiger partial charge in [-0.05, 0) is 43.0 Å². The van der Waals surface area contributed by atoms with E-state index in [1.165, 1.54) is 0 Å². The van der Waals surface area contributed by atoms with Crippen LogP contribution in [0.15, 0.2) is 42.7 Å². The quantitative estimate of drug-likeness (QED) is 0.471. The SMILES string of the molecule is Cn1ccc(-c2nc(N)c(NCC3CCOCC3)nc2-c2cc(Cl)c3ncccc3c2)n1. The van der Waals surface area contributed by atoms with E-state index in [9.17, 15) is 0 Å². The Bertz CT molecular complexity index is 1270. The van der Waals surface area contributed by atoms with Crippen molar-refractivity contribution in [1.82, 2.24) is 24.7 Å². The number of hydrogen-bond donors (Lipinski definition) is 2.